The number of unbranched alkanes of at least 4 members (excludes halogenated alkanes) is 3. The molecule has 0 heterocycles. The van der Waals surface area contributed by atoms with Gasteiger partial charge in [0.1, 0.15) is 0 Å². The van der Waals surface area contributed by atoms with E-state index in [2.05, 4.69) is 28.2 Å². The normalized spacial score (nSPS) is 12.2. The van der Waals surface area contributed by atoms with Crippen molar-refractivity contribution in [2.45, 2.75) is 52.0 Å². The lowest BCUT2D eigenvalue weighted by molar-refractivity contribution is 0.0938. The smallest absolute Gasteiger partial charge is 0.253 e. The Morgan fingerprint density at radius 1 is 1.37 bits per heavy atom. The van der Waals surface area contributed by atoms with Crippen molar-refractivity contribution in [3.05, 3.63) is 33.3 Å². The maximum Gasteiger partial charge on any atom is 0.253 e. The number of amides is 1. The predicted octanol–water partition coefficient (Wildman–Crippen LogP) is 5.19. The first-order valence-electron chi connectivity index (χ1n) is 6.80. The molecular weight excluding hydrogens is 326 g/mol. The van der Waals surface area contributed by atoms with Gasteiger partial charge in [0, 0.05) is 10.5 Å². The Balaban J connectivity index is 2.47. The molecule has 0 aliphatic rings. The van der Waals surface area contributed by atoms with Crippen LogP contribution in [0.4, 0.5) is 0 Å². The third-order valence-electron chi connectivity index (χ3n) is 3.04. The molecule has 0 aromatic heterocycles. The van der Waals surface area contributed by atoms with Crippen LogP contribution in [0.1, 0.15) is 56.3 Å². The molecule has 1 amide bonds. The number of carbonyl (C=O) groups is 1. The van der Waals surface area contributed by atoms with Gasteiger partial charge in [0.25, 0.3) is 5.91 Å². The summed E-state index contributed by atoms with van der Waals surface area (Å²) in [7, 11) is 0. The number of halogens is 2. The summed E-state index contributed by atoms with van der Waals surface area (Å²) in [6.45, 7) is 4.23. The molecule has 1 unspecified atom stereocenters. The largest absolute Gasteiger partial charge is 0.350 e. The van der Waals surface area contributed by atoms with E-state index in [1.807, 2.05) is 13.0 Å². The van der Waals surface area contributed by atoms with Crippen molar-refractivity contribution in [3.8, 4) is 0 Å². The van der Waals surface area contributed by atoms with Gasteiger partial charge in [-0.25, -0.2) is 0 Å². The monoisotopic (exact) mass is 345 g/mol. The highest BCUT2D eigenvalue weighted by Crippen LogP contribution is 2.21. The van der Waals surface area contributed by atoms with Crippen molar-refractivity contribution in [2.75, 3.05) is 0 Å². The second-order valence-corrected chi connectivity index (χ2v) is 6.17. The molecular formula is C15H21BrClNO. The molecule has 1 N–H and O–H groups in total. The molecule has 0 saturated carbocycles. The van der Waals surface area contributed by atoms with Gasteiger partial charge >= 0.3 is 0 Å². The highest BCUT2D eigenvalue weighted by Gasteiger charge is 2.13. The van der Waals surface area contributed by atoms with Gasteiger partial charge in [-0.2, -0.15) is 0 Å². The van der Waals surface area contributed by atoms with Crippen molar-refractivity contribution in [1.29, 1.82) is 0 Å². The zero-order chi connectivity index (χ0) is 14.3. The van der Waals surface area contributed by atoms with Crippen molar-refractivity contribution >= 4 is 33.4 Å². The topological polar surface area (TPSA) is 29.1 Å². The minimum absolute atomic E-state index is 0.103. The summed E-state index contributed by atoms with van der Waals surface area (Å²) in [6.07, 6.45) is 5.89. The molecule has 106 valence electrons. The van der Waals surface area contributed by atoms with Crippen LogP contribution >= 0.6 is 27.5 Å². The van der Waals surface area contributed by atoms with Crippen LogP contribution in [0.2, 0.25) is 5.02 Å². The lowest BCUT2D eigenvalue weighted by Crippen LogP contribution is -2.32. The third-order valence-corrected chi connectivity index (χ3v) is 3.86. The highest BCUT2D eigenvalue weighted by molar-refractivity contribution is 9.10. The van der Waals surface area contributed by atoms with Crippen LogP contribution < -0.4 is 5.32 Å². The summed E-state index contributed by atoms with van der Waals surface area (Å²) in [5.41, 5.74) is 0.524. The van der Waals surface area contributed by atoms with Crippen molar-refractivity contribution in [1.82, 2.24) is 5.32 Å². The summed E-state index contributed by atoms with van der Waals surface area (Å²) in [6, 6.07) is 5.49. The number of hydrogen-bond donors (Lipinski definition) is 1. The molecule has 1 atom stereocenters. The van der Waals surface area contributed by atoms with Crippen LogP contribution in [0.15, 0.2) is 22.7 Å². The fraction of sp³-hybridized carbons (Fsp3) is 0.533. The third kappa shape index (κ3) is 5.96. The molecule has 0 radical (unpaired) electrons. The van der Waals surface area contributed by atoms with Crippen molar-refractivity contribution < 1.29 is 4.79 Å². The fourth-order valence-corrected chi connectivity index (χ4v) is 2.49. The van der Waals surface area contributed by atoms with Crippen molar-refractivity contribution in [3.63, 3.8) is 0 Å². The summed E-state index contributed by atoms with van der Waals surface area (Å²) in [5, 5.41) is 3.48. The SMILES string of the molecule is CCCCCCC(C)NC(=O)c1cc(Br)ccc1Cl. The predicted molar refractivity (Wildman–Crippen MR) is 84.8 cm³/mol. The molecule has 0 fully saturated rings. The first-order valence-corrected chi connectivity index (χ1v) is 7.97. The van der Waals surface area contributed by atoms with E-state index in [1.54, 1.807) is 12.1 Å². The van der Waals surface area contributed by atoms with Crippen LogP contribution in [0.3, 0.4) is 0 Å². The van der Waals surface area contributed by atoms with Crippen LogP contribution in [-0.4, -0.2) is 11.9 Å². The van der Waals surface area contributed by atoms with E-state index in [0.717, 1.165) is 17.3 Å². The number of rotatable bonds is 7. The molecule has 0 saturated heterocycles. The standard InChI is InChI=1S/C15H21BrClNO/c1-3-4-5-6-7-11(2)18-15(19)13-10-12(16)8-9-14(13)17/h8-11H,3-7H2,1-2H3,(H,18,19). The van der Waals surface area contributed by atoms with E-state index in [-0.39, 0.29) is 11.9 Å². The van der Waals surface area contributed by atoms with Gasteiger partial charge in [0.05, 0.1) is 10.6 Å². The van der Waals surface area contributed by atoms with E-state index in [1.165, 1.54) is 19.3 Å². The Hall–Kier alpha value is -0.540. The Bertz CT molecular complexity index is 423. The zero-order valence-corrected chi connectivity index (χ0v) is 13.9. The lowest BCUT2D eigenvalue weighted by Gasteiger charge is -2.14. The molecule has 0 bridgehead atoms. The summed E-state index contributed by atoms with van der Waals surface area (Å²) < 4.78 is 0.859. The summed E-state index contributed by atoms with van der Waals surface area (Å²) in [5.74, 6) is -0.103. The number of nitrogens with one attached hydrogen (secondary N) is 1. The number of carbonyl (C=O) groups excluding carboxylic acids is 1. The average molecular weight is 347 g/mol. The Morgan fingerprint density at radius 3 is 2.79 bits per heavy atom. The molecule has 4 heteroatoms. The molecule has 0 spiro atoms. The van der Waals surface area contributed by atoms with Gasteiger partial charge in [0.15, 0.2) is 0 Å². The van der Waals surface area contributed by atoms with E-state index in [9.17, 15) is 4.79 Å². The Morgan fingerprint density at radius 2 is 2.11 bits per heavy atom. The Labute approximate surface area is 129 Å². The maximum atomic E-state index is 12.1. The Kier molecular flexibility index (Phi) is 7.47. The van der Waals surface area contributed by atoms with Gasteiger partial charge in [-0.1, -0.05) is 60.1 Å². The van der Waals surface area contributed by atoms with E-state index in [0.29, 0.717) is 10.6 Å². The van der Waals surface area contributed by atoms with Gasteiger partial charge in [-0.05, 0) is 31.5 Å². The van der Waals surface area contributed by atoms with Gasteiger partial charge in [-0.3, -0.25) is 4.79 Å². The van der Waals surface area contributed by atoms with Gasteiger partial charge in [0.2, 0.25) is 0 Å². The quantitative estimate of drug-likeness (QED) is 0.676. The summed E-state index contributed by atoms with van der Waals surface area (Å²) in [4.78, 5) is 12.1. The lowest BCUT2D eigenvalue weighted by atomic mass is 10.1. The van der Waals surface area contributed by atoms with Crippen LogP contribution in [-0.2, 0) is 0 Å². The minimum Gasteiger partial charge on any atom is -0.350 e. The highest BCUT2D eigenvalue weighted by atomic mass is 79.9. The number of hydrogen-bond acceptors (Lipinski definition) is 1. The molecule has 0 aliphatic heterocycles. The fourth-order valence-electron chi connectivity index (χ4n) is 1.92. The van der Waals surface area contributed by atoms with E-state index >= 15 is 0 Å². The minimum atomic E-state index is -0.103. The molecule has 1 aromatic rings. The molecule has 0 aliphatic carbocycles. The molecule has 1 rings (SSSR count). The van der Waals surface area contributed by atoms with Crippen LogP contribution in [0.25, 0.3) is 0 Å². The summed E-state index contributed by atoms with van der Waals surface area (Å²) >= 11 is 9.39. The molecule has 2 nitrogen and oxygen atoms in total. The van der Waals surface area contributed by atoms with Gasteiger partial charge in [-0.15, -0.1) is 0 Å². The zero-order valence-electron chi connectivity index (χ0n) is 11.5. The first kappa shape index (κ1) is 16.5. The maximum absolute atomic E-state index is 12.1. The van der Waals surface area contributed by atoms with E-state index < -0.39 is 0 Å². The van der Waals surface area contributed by atoms with E-state index in [4.69, 9.17) is 11.6 Å². The van der Waals surface area contributed by atoms with Crippen LogP contribution in [0.5, 0.6) is 0 Å². The van der Waals surface area contributed by atoms with Crippen molar-refractivity contribution in [2.24, 2.45) is 0 Å². The molecule has 19 heavy (non-hydrogen) atoms. The number of benzene rings is 1. The molecule has 1 aromatic carbocycles. The second kappa shape index (κ2) is 8.60. The average Bonchev–Trinajstić information content (AvgIpc) is 2.37. The second-order valence-electron chi connectivity index (χ2n) is 4.85. The van der Waals surface area contributed by atoms with Crippen LogP contribution in [0, 0.1) is 0 Å². The van der Waals surface area contributed by atoms with Gasteiger partial charge < -0.3 is 5.32 Å². The first-order chi connectivity index (χ1) is 9.04.